The van der Waals surface area contributed by atoms with Crippen LogP contribution in [0.3, 0.4) is 0 Å². The average molecular weight is 272 g/mol. The smallest absolute Gasteiger partial charge is 0.0207 e. The van der Waals surface area contributed by atoms with Crippen molar-refractivity contribution < 1.29 is 0 Å². The molecule has 0 amide bonds. The second kappa shape index (κ2) is 6.73. The van der Waals surface area contributed by atoms with Crippen LogP contribution in [-0.4, -0.2) is 37.1 Å². The van der Waals surface area contributed by atoms with Crippen LogP contribution in [0.15, 0.2) is 30.3 Å². The van der Waals surface area contributed by atoms with Gasteiger partial charge in [-0.05, 0) is 56.2 Å². The van der Waals surface area contributed by atoms with Gasteiger partial charge in [-0.1, -0.05) is 37.3 Å². The first-order valence-corrected chi connectivity index (χ1v) is 8.31. The first-order chi connectivity index (χ1) is 9.81. The van der Waals surface area contributed by atoms with Gasteiger partial charge < -0.3 is 10.2 Å². The van der Waals surface area contributed by atoms with Gasteiger partial charge in [0.15, 0.2) is 0 Å². The van der Waals surface area contributed by atoms with Gasteiger partial charge in [0.1, 0.15) is 0 Å². The Hall–Kier alpha value is -0.860. The Morgan fingerprint density at radius 3 is 2.75 bits per heavy atom. The molecule has 20 heavy (non-hydrogen) atoms. The zero-order valence-electron chi connectivity index (χ0n) is 12.7. The normalized spacial score (nSPS) is 24.9. The van der Waals surface area contributed by atoms with Gasteiger partial charge >= 0.3 is 0 Å². The number of hydrogen-bond donors (Lipinski definition) is 1. The van der Waals surface area contributed by atoms with E-state index in [0.717, 1.165) is 17.9 Å². The maximum atomic E-state index is 3.79. The van der Waals surface area contributed by atoms with Crippen molar-refractivity contribution in [1.29, 1.82) is 0 Å². The molecule has 1 aromatic carbocycles. The molecule has 2 unspecified atom stereocenters. The highest BCUT2D eigenvalue weighted by Crippen LogP contribution is 2.36. The highest BCUT2D eigenvalue weighted by Gasteiger charge is 2.29. The van der Waals surface area contributed by atoms with Gasteiger partial charge in [0, 0.05) is 19.1 Å². The van der Waals surface area contributed by atoms with Crippen LogP contribution in [0.5, 0.6) is 0 Å². The third kappa shape index (κ3) is 4.07. The molecular weight excluding hydrogens is 244 g/mol. The van der Waals surface area contributed by atoms with Crippen LogP contribution in [0.25, 0.3) is 0 Å². The summed E-state index contributed by atoms with van der Waals surface area (Å²) in [6.07, 6.45) is 5.45. The summed E-state index contributed by atoms with van der Waals surface area (Å²) in [7, 11) is 0. The lowest BCUT2D eigenvalue weighted by Crippen LogP contribution is -2.36. The van der Waals surface area contributed by atoms with E-state index in [0.29, 0.717) is 0 Å². The van der Waals surface area contributed by atoms with Gasteiger partial charge in [-0.15, -0.1) is 0 Å². The second-order valence-corrected chi connectivity index (χ2v) is 6.74. The van der Waals surface area contributed by atoms with Gasteiger partial charge in [0.2, 0.25) is 0 Å². The molecule has 3 rings (SSSR count). The first kappa shape index (κ1) is 14.1. The van der Waals surface area contributed by atoms with Crippen LogP contribution in [0.1, 0.15) is 31.7 Å². The van der Waals surface area contributed by atoms with E-state index in [2.05, 4.69) is 47.5 Å². The van der Waals surface area contributed by atoms with Gasteiger partial charge in [0.25, 0.3) is 0 Å². The molecule has 0 aromatic heterocycles. The summed E-state index contributed by atoms with van der Waals surface area (Å²) in [5.41, 5.74) is 1.46. The Bertz CT molecular complexity index is 399. The second-order valence-electron chi connectivity index (χ2n) is 6.74. The van der Waals surface area contributed by atoms with E-state index in [1.165, 1.54) is 57.4 Å². The zero-order chi connectivity index (χ0) is 13.8. The lowest BCUT2D eigenvalue weighted by Gasteiger charge is -2.18. The number of benzene rings is 1. The minimum absolute atomic E-state index is 0.729. The Kier molecular flexibility index (Phi) is 4.74. The molecule has 1 aromatic rings. The summed E-state index contributed by atoms with van der Waals surface area (Å²) in [6, 6.07) is 11.6. The van der Waals surface area contributed by atoms with E-state index >= 15 is 0 Å². The van der Waals surface area contributed by atoms with Crippen molar-refractivity contribution in [3.8, 4) is 0 Å². The molecule has 1 aliphatic heterocycles. The molecule has 2 aliphatic rings. The van der Waals surface area contributed by atoms with E-state index in [9.17, 15) is 0 Å². The summed E-state index contributed by atoms with van der Waals surface area (Å²) in [6.45, 7) is 7.35. The SMILES string of the molecule is CC(CNC1CCN(CCc2ccccc2)C1)C1CC1. The van der Waals surface area contributed by atoms with Crippen LogP contribution in [0, 0.1) is 11.8 Å². The van der Waals surface area contributed by atoms with Crippen LogP contribution in [-0.2, 0) is 6.42 Å². The Morgan fingerprint density at radius 2 is 2.00 bits per heavy atom. The summed E-state index contributed by atoms with van der Waals surface area (Å²) < 4.78 is 0. The molecule has 1 saturated carbocycles. The van der Waals surface area contributed by atoms with E-state index in [4.69, 9.17) is 0 Å². The standard InChI is InChI=1S/C18H28N2/c1-15(17-7-8-17)13-19-18-10-12-20(14-18)11-9-16-5-3-2-4-6-16/h2-6,15,17-19H,7-14H2,1H3. The monoisotopic (exact) mass is 272 g/mol. The predicted octanol–water partition coefficient (Wildman–Crippen LogP) is 2.94. The van der Waals surface area contributed by atoms with E-state index in [-0.39, 0.29) is 0 Å². The quantitative estimate of drug-likeness (QED) is 0.821. The molecule has 1 saturated heterocycles. The number of nitrogens with zero attached hydrogens (tertiary/aromatic N) is 1. The molecule has 2 atom stereocenters. The molecule has 0 radical (unpaired) electrons. The van der Waals surface area contributed by atoms with Crippen LogP contribution in [0.2, 0.25) is 0 Å². The fraction of sp³-hybridized carbons (Fsp3) is 0.667. The Balaban J connectivity index is 1.34. The van der Waals surface area contributed by atoms with Crippen molar-refractivity contribution >= 4 is 0 Å². The largest absolute Gasteiger partial charge is 0.312 e. The molecule has 2 heteroatoms. The van der Waals surface area contributed by atoms with Crippen molar-refractivity contribution in [3.05, 3.63) is 35.9 Å². The van der Waals surface area contributed by atoms with E-state index < -0.39 is 0 Å². The predicted molar refractivity (Wildman–Crippen MR) is 84.9 cm³/mol. The third-order valence-corrected chi connectivity index (χ3v) is 4.99. The fourth-order valence-electron chi connectivity index (χ4n) is 3.32. The number of likely N-dealkylation sites (tertiary alicyclic amines) is 1. The van der Waals surface area contributed by atoms with Crippen molar-refractivity contribution in [3.63, 3.8) is 0 Å². The van der Waals surface area contributed by atoms with Crippen molar-refractivity contribution in [2.24, 2.45) is 11.8 Å². The molecule has 1 heterocycles. The van der Waals surface area contributed by atoms with Gasteiger partial charge in [-0.2, -0.15) is 0 Å². The highest BCUT2D eigenvalue weighted by atomic mass is 15.2. The lowest BCUT2D eigenvalue weighted by atomic mass is 10.1. The Labute approximate surface area is 123 Å². The topological polar surface area (TPSA) is 15.3 Å². The van der Waals surface area contributed by atoms with Gasteiger partial charge in [0.05, 0.1) is 0 Å². The number of nitrogens with one attached hydrogen (secondary N) is 1. The summed E-state index contributed by atoms with van der Waals surface area (Å²) in [5, 5.41) is 3.79. The van der Waals surface area contributed by atoms with E-state index in [1.54, 1.807) is 0 Å². The van der Waals surface area contributed by atoms with Crippen LogP contribution in [0.4, 0.5) is 0 Å². The maximum absolute atomic E-state index is 3.79. The first-order valence-electron chi connectivity index (χ1n) is 8.31. The molecule has 0 bridgehead atoms. The molecular formula is C18H28N2. The van der Waals surface area contributed by atoms with Crippen LogP contribution >= 0.6 is 0 Å². The average Bonchev–Trinajstić information content (AvgIpc) is 3.24. The van der Waals surface area contributed by atoms with Crippen LogP contribution < -0.4 is 5.32 Å². The third-order valence-electron chi connectivity index (χ3n) is 4.99. The fourth-order valence-corrected chi connectivity index (χ4v) is 3.32. The van der Waals surface area contributed by atoms with Crippen molar-refractivity contribution in [2.75, 3.05) is 26.2 Å². The minimum Gasteiger partial charge on any atom is -0.312 e. The Morgan fingerprint density at radius 1 is 1.20 bits per heavy atom. The molecule has 2 fully saturated rings. The highest BCUT2D eigenvalue weighted by molar-refractivity contribution is 5.14. The number of hydrogen-bond acceptors (Lipinski definition) is 2. The van der Waals surface area contributed by atoms with E-state index in [1.807, 2.05) is 0 Å². The zero-order valence-corrected chi connectivity index (χ0v) is 12.7. The molecule has 110 valence electrons. The summed E-state index contributed by atoms with van der Waals surface area (Å²) in [4.78, 5) is 2.62. The van der Waals surface area contributed by atoms with Gasteiger partial charge in [-0.3, -0.25) is 0 Å². The minimum atomic E-state index is 0.729. The van der Waals surface area contributed by atoms with Crippen molar-refractivity contribution in [2.45, 2.75) is 38.6 Å². The maximum Gasteiger partial charge on any atom is 0.0207 e. The number of rotatable bonds is 7. The van der Waals surface area contributed by atoms with Gasteiger partial charge in [-0.25, -0.2) is 0 Å². The summed E-state index contributed by atoms with van der Waals surface area (Å²) in [5.74, 6) is 1.91. The molecule has 1 N–H and O–H groups in total. The summed E-state index contributed by atoms with van der Waals surface area (Å²) >= 11 is 0. The lowest BCUT2D eigenvalue weighted by molar-refractivity contribution is 0.326. The van der Waals surface area contributed by atoms with Crippen molar-refractivity contribution in [1.82, 2.24) is 10.2 Å². The molecule has 0 spiro atoms. The molecule has 1 aliphatic carbocycles. The molecule has 2 nitrogen and oxygen atoms in total.